The highest BCUT2D eigenvalue weighted by Gasteiger charge is 2.59. The smallest absolute Gasteiger partial charge is 0.316 e. The van der Waals surface area contributed by atoms with Gasteiger partial charge in [0, 0.05) is 12.3 Å². The molecule has 0 radical (unpaired) electrons. The maximum atomic E-state index is 12.3. The van der Waals surface area contributed by atoms with Crippen LogP contribution >= 0.6 is 0 Å². The Labute approximate surface area is 248 Å². The number of hydrogen-bond donors (Lipinski definition) is 2. The van der Waals surface area contributed by atoms with Crippen molar-refractivity contribution in [3.63, 3.8) is 0 Å². The monoisotopic (exact) mass is 566 g/mol. The first-order chi connectivity index (χ1) is 20.1. The van der Waals surface area contributed by atoms with Crippen molar-refractivity contribution >= 4 is 23.5 Å². The number of Topliss-reactive ketones (excluding diaryl/α,β-unsaturated/α-hetero) is 1. The average molecular weight is 567 g/mol. The number of hydrogen-bond acceptors (Lipinski definition) is 4. The lowest BCUT2D eigenvalue weighted by Crippen LogP contribution is -2.51. The van der Waals surface area contributed by atoms with Crippen LogP contribution in [-0.2, 0) is 19.9 Å². The van der Waals surface area contributed by atoms with E-state index < -0.39 is 11.6 Å². The predicted octanol–water partition coefficient (Wildman–Crippen LogP) is 6.49. The first-order valence-corrected chi connectivity index (χ1v) is 15.6. The summed E-state index contributed by atoms with van der Waals surface area (Å²) >= 11 is 0. The van der Waals surface area contributed by atoms with Crippen LogP contribution in [0, 0.1) is 34.5 Å². The molecule has 6 atom stereocenters. The van der Waals surface area contributed by atoms with Crippen molar-refractivity contribution < 1.29 is 19.2 Å². The highest BCUT2D eigenvalue weighted by Crippen LogP contribution is 2.66. The molecule has 1 aliphatic heterocycles. The van der Waals surface area contributed by atoms with Gasteiger partial charge < -0.3 is 5.32 Å². The lowest BCUT2D eigenvalue weighted by Gasteiger charge is -2.58. The van der Waals surface area contributed by atoms with Crippen LogP contribution in [0.1, 0.15) is 83.3 Å². The molecule has 7 rings (SSSR count). The highest BCUT2D eigenvalue weighted by atomic mass is 16.2. The van der Waals surface area contributed by atoms with Crippen molar-refractivity contribution in [2.75, 3.05) is 0 Å². The SMILES string of the molecule is CC(=O)[C@H]1CC[C@H]2[C@@H]3CCC4=CC(=O)CC[C@]4(C)[C@H]3CC[C@]12C.O=C1NC(=O)C(c2ccccc2)(c2ccccc2)N1. The molecule has 3 saturated carbocycles. The largest absolute Gasteiger partial charge is 0.322 e. The van der Waals surface area contributed by atoms with Gasteiger partial charge in [0.25, 0.3) is 5.91 Å². The zero-order valence-electron chi connectivity index (χ0n) is 25.0. The number of amides is 3. The normalized spacial score (nSPS) is 34.5. The molecular formula is C36H42N2O4. The average Bonchev–Trinajstić information content (AvgIpc) is 3.50. The summed E-state index contributed by atoms with van der Waals surface area (Å²) in [6, 6.07) is 18.0. The summed E-state index contributed by atoms with van der Waals surface area (Å²) in [5.41, 5.74) is 2.29. The third-order valence-corrected chi connectivity index (χ3v) is 11.7. The first-order valence-electron chi connectivity index (χ1n) is 15.6. The van der Waals surface area contributed by atoms with Gasteiger partial charge in [-0.2, -0.15) is 0 Å². The Balaban J connectivity index is 0.000000153. The molecule has 0 spiro atoms. The zero-order chi connectivity index (χ0) is 29.7. The van der Waals surface area contributed by atoms with Gasteiger partial charge in [0.05, 0.1) is 0 Å². The van der Waals surface area contributed by atoms with Gasteiger partial charge in [-0.1, -0.05) is 80.1 Å². The minimum atomic E-state index is -1.14. The van der Waals surface area contributed by atoms with E-state index in [1.165, 1.54) is 31.3 Å². The van der Waals surface area contributed by atoms with Crippen molar-refractivity contribution in [3.8, 4) is 0 Å². The summed E-state index contributed by atoms with van der Waals surface area (Å²) in [6.07, 6.45) is 10.9. The van der Waals surface area contributed by atoms with E-state index in [2.05, 4.69) is 24.5 Å². The van der Waals surface area contributed by atoms with Crippen molar-refractivity contribution in [1.29, 1.82) is 0 Å². The number of benzene rings is 2. The van der Waals surface area contributed by atoms with Crippen LogP contribution in [0.4, 0.5) is 4.79 Å². The molecule has 2 N–H and O–H groups in total. The van der Waals surface area contributed by atoms with E-state index >= 15 is 0 Å². The van der Waals surface area contributed by atoms with E-state index in [0.29, 0.717) is 17.5 Å². The lowest BCUT2D eigenvalue weighted by molar-refractivity contribution is -0.128. The highest BCUT2D eigenvalue weighted by molar-refractivity contribution is 6.09. The summed E-state index contributed by atoms with van der Waals surface area (Å²) < 4.78 is 0. The summed E-state index contributed by atoms with van der Waals surface area (Å²) in [4.78, 5) is 47.9. The molecule has 0 aromatic heterocycles. The Morgan fingerprint density at radius 3 is 2.00 bits per heavy atom. The van der Waals surface area contributed by atoms with Crippen LogP contribution in [0.25, 0.3) is 0 Å². The van der Waals surface area contributed by atoms with E-state index in [0.717, 1.165) is 54.6 Å². The molecule has 6 heteroatoms. The molecule has 42 heavy (non-hydrogen) atoms. The Kier molecular flexibility index (Phi) is 7.23. The van der Waals surface area contributed by atoms with Crippen molar-refractivity contribution in [2.45, 2.75) is 77.7 Å². The molecule has 4 aliphatic carbocycles. The van der Waals surface area contributed by atoms with E-state index in [9.17, 15) is 19.2 Å². The maximum Gasteiger partial charge on any atom is 0.322 e. The van der Waals surface area contributed by atoms with Gasteiger partial charge in [-0.3, -0.25) is 19.7 Å². The van der Waals surface area contributed by atoms with E-state index in [-0.39, 0.29) is 16.7 Å². The zero-order valence-corrected chi connectivity index (χ0v) is 25.0. The van der Waals surface area contributed by atoms with Gasteiger partial charge in [0.1, 0.15) is 5.78 Å². The third-order valence-electron chi connectivity index (χ3n) is 11.7. The first kappa shape index (κ1) is 28.6. The molecule has 2 aromatic rings. The summed E-state index contributed by atoms with van der Waals surface area (Å²) in [5, 5.41) is 5.07. The number of carbonyl (C=O) groups excluding carboxylic acids is 4. The number of allylic oxidation sites excluding steroid dienone is 1. The second-order valence-corrected chi connectivity index (χ2v) is 13.6. The number of rotatable bonds is 3. The molecule has 0 bridgehead atoms. The second-order valence-electron chi connectivity index (χ2n) is 13.6. The molecule has 5 aliphatic rings. The van der Waals surface area contributed by atoms with Crippen molar-refractivity contribution in [1.82, 2.24) is 10.6 Å². The number of imide groups is 1. The van der Waals surface area contributed by atoms with Crippen LogP contribution < -0.4 is 10.6 Å². The fourth-order valence-electron chi connectivity index (χ4n) is 9.63. The molecule has 220 valence electrons. The minimum absolute atomic E-state index is 0.245. The van der Waals surface area contributed by atoms with Gasteiger partial charge in [0.2, 0.25) is 0 Å². The van der Waals surface area contributed by atoms with Crippen LogP contribution in [0.2, 0.25) is 0 Å². The number of urea groups is 1. The minimum Gasteiger partial charge on any atom is -0.316 e. The molecule has 1 heterocycles. The summed E-state index contributed by atoms with van der Waals surface area (Å²) in [6.45, 7) is 6.65. The fourth-order valence-corrected chi connectivity index (χ4v) is 9.63. The topological polar surface area (TPSA) is 92.3 Å². The molecule has 4 fully saturated rings. The molecule has 0 unspecified atom stereocenters. The molecule has 6 nitrogen and oxygen atoms in total. The number of carbonyl (C=O) groups is 4. The fraction of sp³-hybridized carbons (Fsp3) is 0.500. The third kappa shape index (κ3) is 4.45. The summed E-state index contributed by atoms with van der Waals surface area (Å²) in [7, 11) is 0. The van der Waals surface area contributed by atoms with Gasteiger partial charge >= 0.3 is 6.03 Å². The van der Waals surface area contributed by atoms with Gasteiger partial charge in [-0.25, -0.2) is 4.79 Å². The van der Waals surface area contributed by atoms with E-state index in [4.69, 9.17) is 0 Å². The Morgan fingerprint density at radius 1 is 0.786 bits per heavy atom. The van der Waals surface area contributed by atoms with Gasteiger partial charge in [-0.05, 0) is 97.7 Å². The number of nitrogens with one attached hydrogen (secondary N) is 2. The molecule has 3 amide bonds. The standard InChI is InChI=1S/C21H30O2.C15H12N2O2/c1-13(22)17-6-7-18-16-5-4-14-12-15(23)8-10-20(14,2)19(16)9-11-21(17,18)3;18-13-15(17-14(19)16-13,11-7-3-1-4-8-11)12-9-5-2-6-10-12/h12,16-19H,4-11H2,1-3H3;1-10H,(H2,16,17,18,19)/t16-,17+,18-,19-,20-,21+;/m0./s1. The Bertz CT molecular complexity index is 1390. The predicted molar refractivity (Wildman–Crippen MR) is 161 cm³/mol. The van der Waals surface area contributed by atoms with Gasteiger partial charge in [0.15, 0.2) is 11.3 Å². The van der Waals surface area contributed by atoms with Crippen LogP contribution in [-0.4, -0.2) is 23.5 Å². The van der Waals surface area contributed by atoms with E-state index in [1.54, 1.807) is 6.92 Å². The Morgan fingerprint density at radius 2 is 1.43 bits per heavy atom. The van der Waals surface area contributed by atoms with E-state index in [1.807, 2.05) is 66.7 Å². The molecule has 1 saturated heterocycles. The van der Waals surface area contributed by atoms with Crippen molar-refractivity contribution in [2.24, 2.45) is 34.5 Å². The number of ketones is 2. The van der Waals surface area contributed by atoms with Crippen LogP contribution in [0.3, 0.4) is 0 Å². The lowest BCUT2D eigenvalue weighted by atomic mass is 9.47. The second kappa shape index (κ2) is 10.6. The molecule has 2 aromatic carbocycles. The van der Waals surface area contributed by atoms with Crippen LogP contribution in [0.15, 0.2) is 72.3 Å². The quantitative estimate of drug-likeness (QED) is 0.415. The van der Waals surface area contributed by atoms with Gasteiger partial charge in [-0.15, -0.1) is 0 Å². The van der Waals surface area contributed by atoms with Crippen molar-refractivity contribution in [3.05, 3.63) is 83.4 Å². The molecular weight excluding hydrogens is 524 g/mol. The number of fused-ring (bicyclic) bond motifs is 5. The van der Waals surface area contributed by atoms with Crippen LogP contribution in [0.5, 0.6) is 0 Å². The Hall–Kier alpha value is -3.54. The maximum absolute atomic E-state index is 12.3. The summed E-state index contributed by atoms with van der Waals surface area (Å²) in [5.74, 6) is 2.94.